The van der Waals surface area contributed by atoms with Crippen molar-refractivity contribution in [2.75, 3.05) is 56.7 Å². The Labute approximate surface area is 170 Å². The van der Waals surface area contributed by atoms with Gasteiger partial charge in [0.2, 0.25) is 0 Å². The number of anilines is 2. The maximum absolute atomic E-state index is 14.4. The molecule has 1 atom stereocenters. The highest BCUT2D eigenvalue weighted by Gasteiger charge is 2.22. The number of aliphatic hydroxyl groups excluding tert-OH is 1. The number of carbonyl (C=O) groups is 1. The van der Waals surface area contributed by atoms with Crippen molar-refractivity contribution in [3.8, 4) is 0 Å². The van der Waals surface area contributed by atoms with Crippen molar-refractivity contribution < 1.29 is 28.2 Å². The first-order valence-corrected chi connectivity index (χ1v) is 9.91. The van der Waals surface area contributed by atoms with Crippen LogP contribution in [0.5, 0.6) is 0 Å². The van der Waals surface area contributed by atoms with Gasteiger partial charge in [0.05, 0.1) is 38.6 Å². The smallest absolute Gasteiger partial charge is 0.321 e. The molecular formula is C20H31F2N3O4. The highest BCUT2D eigenvalue weighted by molar-refractivity contribution is 5.89. The van der Waals surface area contributed by atoms with Crippen molar-refractivity contribution >= 4 is 17.4 Å². The fourth-order valence-electron chi connectivity index (χ4n) is 3.11. The Hall–Kier alpha value is -1.97. The minimum Gasteiger partial charge on any atom is -0.389 e. The largest absolute Gasteiger partial charge is 0.389 e. The fraction of sp³-hybridized carbons (Fsp3) is 0.650. The van der Waals surface area contributed by atoms with Crippen LogP contribution >= 0.6 is 0 Å². The van der Waals surface area contributed by atoms with E-state index in [1.54, 1.807) is 4.90 Å². The third-order valence-corrected chi connectivity index (χ3v) is 4.51. The second-order valence-electron chi connectivity index (χ2n) is 7.44. The molecule has 2 N–H and O–H groups in total. The predicted octanol–water partition coefficient (Wildman–Crippen LogP) is 2.83. The molecule has 29 heavy (non-hydrogen) atoms. The van der Waals surface area contributed by atoms with Crippen molar-refractivity contribution in [1.82, 2.24) is 4.90 Å². The van der Waals surface area contributed by atoms with E-state index < -0.39 is 23.8 Å². The maximum atomic E-state index is 14.4. The molecule has 1 aromatic rings. The molecule has 0 aromatic heterocycles. The number of hydrogen-bond donors (Lipinski definition) is 2. The summed E-state index contributed by atoms with van der Waals surface area (Å²) < 4.78 is 39.4. The van der Waals surface area contributed by atoms with E-state index >= 15 is 0 Å². The quantitative estimate of drug-likeness (QED) is 0.575. The molecule has 1 saturated heterocycles. The summed E-state index contributed by atoms with van der Waals surface area (Å²) in [5, 5.41) is 12.4. The summed E-state index contributed by atoms with van der Waals surface area (Å²) in [6, 6.07) is 1.63. The van der Waals surface area contributed by atoms with Gasteiger partial charge in [0.1, 0.15) is 5.69 Å². The lowest BCUT2D eigenvalue weighted by atomic mass is 10.2. The number of likely N-dealkylation sites (N-methyl/N-ethyl adjacent to an activating group) is 1. The highest BCUT2D eigenvalue weighted by atomic mass is 19.1. The minimum absolute atomic E-state index is 0.00764. The molecule has 1 fully saturated rings. The van der Waals surface area contributed by atoms with E-state index in [2.05, 4.69) is 5.32 Å². The van der Waals surface area contributed by atoms with Gasteiger partial charge in [-0.3, -0.25) is 0 Å². The van der Waals surface area contributed by atoms with Gasteiger partial charge in [-0.25, -0.2) is 13.6 Å². The molecule has 2 amide bonds. The van der Waals surface area contributed by atoms with Crippen molar-refractivity contribution in [3.63, 3.8) is 0 Å². The number of ether oxygens (including phenoxy) is 2. The van der Waals surface area contributed by atoms with Gasteiger partial charge >= 0.3 is 6.03 Å². The van der Waals surface area contributed by atoms with Crippen LogP contribution in [-0.4, -0.2) is 74.7 Å². The summed E-state index contributed by atoms with van der Waals surface area (Å²) in [5.74, 6) is -1.41. The topological polar surface area (TPSA) is 74.3 Å². The molecule has 7 nitrogen and oxygen atoms in total. The number of benzene rings is 1. The number of aliphatic hydroxyl groups is 1. The van der Waals surface area contributed by atoms with E-state index in [1.807, 2.05) is 13.8 Å². The van der Waals surface area contributed by atoms with Crippen LogP contribution in [0.1, 0.15) is 26.7 Å². The van der Waals surface area contributed by atoms with Gasteiger partial charge in [0.25, 0.3) is 0 Å². The molecule has 1 aliphatic rings. The monoisotopic (exact) mass is 415 g/mol. The van der Waals surface area contributed by atoms with Gasteiger partial charge in [-0.2, -0.15) is 0 Å². The van der Waals surface area contributed by atoms with Crippen LogP contribution < -0.4 is 10.2 Å². The number of hydrogen-bond acceptors (Lipinski definition) is 5. The summed E-state index contributed by atoms with van der Waals surface area (Å²) in [5.41, 5.74) is -0.0285. The van der Waals surface area contributed by atoms with E-state index in [0.29, 0.717) is 26.3 Å². The van der Waals surface area contributed by atoms with E-state index in [9.17, 15) is 18.7 Å². The summed E-state index contributed by atoms with van der Waals surface area (Å²) in [6.45, 7) is 5.89. The molecule has 164 valence electrons. The summed E-state index contributed by atoms with van der Waals surface area (Å²) in [7, 11) is 1.48. The van der Waals surface area contributed by atoms with Gasteiger partial charge in [-0.05, 0) is 38.8 Å². The number of halogens is 2. The number of urea groups is 1. The molecule has 9 heteroatoms. The molecule has 0 spiro atoms. The number of nitrogens with zero attached hydrogens (tertiary/aromatic N) is 2. The van der Waals surface area contributed by atoms with Gasteiger partial charge < -0.3 is 29.7 Å². The first-order valence-electron chi connectivity index (χ1n) is 9.91. The minimum atomic E-state index is -0.893. The van der Waals surface area contributed by atoms with Crippen LogP contribution in [-0.2, 0) is 9.47 Å². The zero-order valence-electron chi connectivity index (χ0n) is 17.3. The number of carbonyl (C=O) groups excluding carboxylic acids is 1. The van der Waals surface area contributed by atoms with Crippen LogP contribution in [0, 0.1) is 11.6 Å². The maximum Gasteiger partial charge on any atom is 0.321 e. The van der Waals surface area contributed by atoms with Gasteiger partial charge in [0, 0.05) is 25.8 Å². The highest BCUT2D eigenvalue weighted by Crippen LogP contribution is 2.29. The Balaban J connectivity index is 1.81. The Morgan fingerprint density at radius 2 is 1.86 bits per heavy atom. The zero-order chi connectivity index (χ0) is 21.4. The number of nitrogens with one attached hydrogen (secondary N) is 1. The van der Waals surface area contributed by atoms with E-state index in [-0.39, 0.29) is 30.6 Å². The molecule has 1 aromatic carbocycles. The van der Waals surface area contributed by atoms with Crippen LogP contribution in [0.4, 0.5) is 25.0 Å². The fourth-order valence-corrected chi connectivity index (χ4v) is 3.11. The molecular weight excluding hydrogens is 384 g/mol. The third-order valence-electron chi connectivity index (χ3n) is 4.51. The van der Waals surface area contributed by atoms with Crippen LogP contribution in [0.3, 0.4) is 0 Å². The second-order valence-corrected chi connectivity index (χ2v) is 7.44. The average molecular weight is 415 g/mol. The lowest BCUT2D eigenvalue weighted by molar-refractivity contribution is -0.0144. The van der Waals surface area contributed by atoms with Crippen molar-refractivity contribution in [1.29, 1.82) is 0 Å². The van der Waals surface area contributed by atoms with Crippen LogP contribution in [0.2, 0.25) is 0 Å². The average Bonchev–Trinajstić information content (AvgIpc) is 3.14. The zero-order valence-corrected chi connectivity index (χ0v) is 17.3. The summed E-state index contributed by atoms with van der Waals surface area (Å²) >= 11 is 0. The summed E-state index contributed by atoms with van der Waals surface area (Å²) in [4.78, 5) is 15.1. The number of amides is 2. The SMILES string of the molecule is CC(C)OCCOCC(O)CN(C)C(=O)Nc1cc(F)c(N2CCCC2)c(F)c1. The van der Waals surface area contributed by atoms with Crippen molar-refractivity contribution in [3.05, 3.63) is 23.8 Å². The first kappa shape index (κ1) is 23.3. The summed E-state index contributed by atoms with van der Waals surface area (Å²) in [6.07, 6.45) is 1.02. The third kappa shape index (κ3) is 7.41. The normalized spacial score (nSPS) is 15.1. The Bertz CT molecular complexity index is 646. The number of rotatable bonds is 10. The lowest BCUT2D eigenvalue weighted by Crippen LogP contribution is -2.39. The molecule has 0 bridgehead atoms. The molecule has 1 heterocycles. The Morgan fingerprint density at radius 1 is 1.24 bits per heavy atom. The predicted molar refractivity (Wildman–Crippen MR) is 107 cm³/mol. The molecule has 1 unspecified atom stereocenters. The van der Waals surface area contributed by atoms with Gasteiger partial charge in [0.15, 0.2) is 11.6 Å². The Kier molecular flexibility index (Phi) is 9.06. The second kappa shape index (κ2) is 11.3. The first-order chi connectivity index (χ1) is 13.8. The molecule has 0 aliphatic carbocycles. The molecule has 0 saturated carbocycles. The van der Waals surface area contributed by atoms with E-state index in [0.717, 1.165) is 25.0 Å². The standard InChI is InChI=1S/C20H31F2N3O4/c1-14(2)29-9-8-28-13-16(26)12-24(3)20(27)23-15-10-17(21)19(18(22)11-15)25-6-4-5-7-25/h10-11,14,16,26H,4-9,12-13H2,1-3H3,(H,23,27). The van der Waals surface area contributed by atoms with Crippen molar-refractivity contribution in [2.45, 2.75) is 38.9 Å². The van der Waals surface area contributed by atoms with E-state index in [1.165, 1.54) is 11.9 Å². The van der Waals surface area contributed by atoms with Crippen LogP contribution in [0.25, 0.3) is 0 Å². The molecule has 1 aliphatic heterocycles. The van der Waals surface area contributed by atoms with Crippen LogP contribution in [0.15, 0.2) is 12.1 Å². The van der Waals surface area contributed by atoms with Gasteiger partial charge in [-0.15, -0.1) is 0 Å². The Morgan fingerprint density at radius 3 is 2.45 bits per heavy atom. The molecule has 0 radical (unpaired) electrons. The molecule has 2 rings (SSSR count). The van der Waals surface area contributed by atoms with E-state index in [4.69, 9.17) is 9.47 Å². The lowest BCUT2D eigenvalue weighted by Gasteiger charge is -2.22. The van der Waals surface area contributed by atoms with Gasteiger partial charge in [-0.1, -0.05) is 0 Å². The van der Waals surface area contributed by atoms with Crippen molar-refractivity contribution in [2.24, 2.45) is 0 Å².